The first-order valence-corrected chi connectivity index (χ1v) is 22.1. The quantitative estimate of drug-likeness (QED) is 0.0643. The fourth-order valence-electron chi connectivity index (χ4n) is 7.02. The van der Waals surface area contributed by atoms with Crippen molar-refractivity contribution in [1.82, 2.24) is 8.75 Å². The third kappa shape index (κ3) is 11.7. The average molecular weight is 905 g/mol. The molecular formula is C51H56N2O11S. The molecule has 0 fully saturated rings. The maximum Gasteiger partial charge on any atom is 0.342 e. The van der Waals surface area contributed by atoms with Crippen molar-refractivity contribution in [3.8, 4) is 40.2 Å². The van der Waals surface area contributed by atoms with Crippen LogP contribution in [0.1, 0.15) is 88.0 Å². The summed E-state index contributed by atoms with van der Waals surface area (Å²) in [5.74, 6) is 0.899. The van der Waals surface area contributed by atoms with Gasteiger partial charge in [-0.2, -0.15) is 8.75 Å². The van der Waals surface area contributed by atoms with Crippen LogP contribution in [0.2, 0.25) is 0 Å². The number of methoxy groups -OCH3 is 2. The van der Waals surface area contributed by atoms with E-state index in [9.17, 15) is 14.7 Å². The number of carbonyl (C=O) groups is 2. The summed E-state index contributed by atoms with van der Waals surface area (Å²) in [6.45, 7) is 15.8. The molecule has 1 aliphatic rings. The number of esters is 1. The zero-order valence-corrected chi connectivity index (χ0v) is 39.2. The van der Waals surface area contributed by atoms with Gasteiger partial charge in [-0.3, -0.25) is 4.79 Å². The summed E-state index contributed by atoms with van der Waals surface area (Å²) in [6.07, 6.45) is 0.605. The number of cyclic esters (lactones) is 1. The summed E-state index contributed by atoms with van der Waals surface area (Å²) in [6, 6.07) is 29.1. The second-order valence-electron chi connectivity index (χ2n) is 16.3. The van der Waals surface area contributed by atoms with Crippen molar-refractivity contribution >= 4 is 40.6 Å². The number of rotatable bonds is 18. The number of hydrogen-bond acceptors (Lipinski definition) is 14. The van der Waals surface area contributed by atoms with Gasteiger partial charge in [-0.1, -0.05) is 36.4 Å². The zero-order chi connectivity index (χ0) is 46.8. The predicted molar refractivity (Wildman–Crippen MR) is 250 cm³/mol. The lowest BCUT2D eigenvalue weighted by atomic mass is 9.88. The van der Waals surface area contributed by atoms with Crippen molar-refractivity contribution in [3.63, 3.8) is 0 Å². The summed E-state index contributed by atoms with van der Waals surface area (Å²) >= 11 is 1.09. The maximum absolute atomic E-state index is 13.7. The molecule has 0 spiro atoms. The molecule has 0 saturated carbocycles. The number of ether oxygens (including phenoxy) is 8. The van der Waals surface area contributed by atoms with Gasteiger partial charge in [-0.15, -0.1) is 0 Å². The number of aldehydes is 1. The van der Waals surface area contributed by atoms with Gasteiger partial charge in [-0.25, -0.2) is 4.79 Å². The topological polar surface area (TPSA) is 154 Å². The van der Waals surface area contributed by atoms with Crippen LogP contribution >= 0.6 is 11.7 Å². The van der Waals surface area contributed by atoms with Crippen LogP contribution < -0.4 is 33.2 Å². The van der Waals surface area contributed by atoms with Crippen LogP contribution in [0.5, 0.6) is 40.2 Å². The molecule has 1 unspecified atom stereocenters. The second-order valence-corrected chi connectivity index (χ2v) is 16.8. The van der Waals surface area contributed by atoms with Gasteiger partial charge in [0.2, 0.25) is 11.5 Å². The molecule has 0 radical (unpaired) electrons. The fourth-order valence-corrected chi connectivity index (χ4v) is 7.54. The van der Waals surface area contributed by atoms with Crippen molar-refractivity contribution in [2.45, 2.75) is 98.6 Å². The third-order valence-electron chi connectivity index (χ3n) is 9.70. The lowest BCUT2D eigenvalue weighted by Crippen LogP contribution is -2.29. The van der Waals surface area contributed by atoms with Crippen LogP contribution in [-0.4, -0.2) is 64.7 Å². The number of fused-ring (bicyclic) bond motifs is 1. The smallest absolute Gasteiger partial charge is 0.342 e. The predicted octanol–water partition coefficient (Wildman–Crippen LogP) is 10.3. The van der Waals surface area contributed by atoms with E-state index in [1.54, 1.807) is 61.7 Å². The van der Waals surface area contributed by atoms with Crippen LogP contribution in [-0.2, 0) is 28.3 Å². The van der Waals surface area contributed by atoms with Crippen molar-refractivity contribution in [2.24, 2.45) is 0 Å². The van der Waals surface area contributed by atoms with E-state index in [4.69, 9.17) is 37.9 Å². The Balaban J connectivity index is 0.000000327. The summed E-state index contributed by atoms with van der Waals surface area (Å²) in [5, 5.41) is 12.3. The van der Waals surface area contributed by atoms with Gasteiger partial charge in [0.25, 0.3) is 5.79 Å². The number of aliphatic hydroxyl groups is 1. The average Bonchev–Trinajstić information content (AvgIpc) is 3.85. The number of benzene rings is 5. The Labute approximate surface area is 384 Å². The Kier molecular flexibility index (Phi) is 15.7. The van der Waals surface area contributed by atoms with Crippen LogP contribution in [0.15, 0.2) is 103 Å². The zero-order valence-electron chi connectivity index (χ0n) is 38.4. The SMILES string of the molecule is COc1cc(C=O)cc(OC(C)C)c1OC(C)C.COc1cc(CC2=C(c3ccc4nsnc4c3)C(=O)OC2(O)c2ccc(OCc3ccccc3)cc2)cc(OC(C)C)c1OC(C)C. The molecule has 14 heteroatoms. The van der Waals surface area contributed by atoms with Gasteiger partial charge >= 0.3 is 5.97 Å². The number of nitrogens with zero attached hydrogens (tertiary/aromatic N) is 2. The van der Waals surface area contributed by atoms with Crippen LogP contribution in [0, 0.1) is 0 Å². The number of hydrogen-bond donors (Lipinski definition) is 1. The van der Waals surface area contributed by atoms with Gasteiger partial charge in [-0.05, 0) is 133 Å². The molecule has 6 aromatic rings. The molecule has 7 rings (SSSR count). The molecule has 0 bridgehead atoms. The highest BCUT2D eigenvalue weighted by molar-refractivity contribution is 7.00. The van der Waals surface area contributed by atoms with Gasteiger partial charge < -0.3 is 43.0 Å². The first-order chi connectivity index (χ1) is 31.1. The van der Waals surface area contributed by atoms with Gasteiger partial charge in [0.15, 0.2) is 23.0 Å². The van der Waals surface area contributed by atoms with E-state index in [-0.39, 0.29) is 36.4 Å². The third-order valence-corrected chi connectivity index (χ3v) is 10.3. The molecule has 1 aliphatic heterocycles. The Morgan fingerprint density at radius 1 is 0.662 bits per heavy atom. The van der Waals surface area contributed by atoms with Gasteiger partial charge in [0.1, 0.15) is 29.7 Å². The number of aromatic nitrogens is 2. The van der Waals surface area contributed by atoms with E-state index in [1.807, 2.05) is 97.9 Å². The summed E-state index contributed by atoms with van der Waals surface area (Å²) in [4.78, 5) is 24.6. The molecule has 342 valence electrons. The molecule has 13 nitrogen and oxygen atoms in total. The largest absolute Gasteiger partial charge is 0.493 e. The van der Waals surface area contributed by atoms with Gasteiger partial charge in [0, 0.05) is 23.1 Å². The molecular weight excluding hydrogens is 849 g/mol. The van der Waals surface area contributed by atoms with Crippen molar-refractivity contribution in [1.29, 1.82) is 0 Å². The van der Waals surface area contributed by atoms with Crippen LogP contribution in [0.3, 0.4) is 0 Å². The molecule has 0 saturated heterocycles. The highest BCUT2D eigenvalue weighted by Gasteiger charge is 2.48. The number of carbonyl (C=O) groups excluding carboxylic acids is 2. The summed E-state index contributed by atoms with van der Waals surface area (Å²) < 4.78 is 55.1. The lowest BCUT2D eigenvalue weighted by Gasteiger charge is -2.26. The molecule has 1 atom stereocenters. The molecule has 2 heterocycles. The molecule has 1 N–H and O–H groups in total. The highest BCUT2D eigenvalue weighted by Crippen LogP contribution is 2.47. The normalized spacial score (nSPS) is 14.7. The standard InChI is InChI=1S/C37H36N2O7S.C14H20O4/c1-22(2)44-33-19-25(18-32(42-5)35(33)45-23(3)4)17-29-34(26-11-16-30-31(20-26)39-47-38-30)36(40)46-37(29,41)27-12-14-28(15-13-27)43-21-24-9-7-6-8-10-24;1-9(2)17-13-7-11(8-15)6-12(16-5)14(13)18-10(3)4/h6-16,18-20,22-23,41H,17,21H2,1-5H3;6-10H,1-5H3. The van der Waals surface area contributed by atoms with Crippen molar-refractivity contribution in [3.05, 3.63) is 130 Å². The van der Waals surface area contributed by atoms with Crippen LogP contribution in [0.25, 0.3) is 16.6 Å². The summed E-state index contributed by atoms with van der Waals surface area (Å²) in [7, 11) is 3.10. The Morgan fingerprint density at radius 3 is 1.80 bits per heavy atom. The molecule has 1 aromatic heterocycles. The second kappa shape index (κ2) is 21.4. The van der Waals surface area contributed by atoms with E-state index in [1.165, 1.54) is 7.11 Å². The lowest BCUT2D eigenvalue weighted by molar-refractivity contribution is -0.185. The Hall–Kier alpha value is -6.64. The van der Waals surface area contributed by atoms with Gasteiger partial charge in [0.05, 0.1) is 55.9 Å². The van der Waals surface area contributed by atoms with E-state index < -0.39 is 11.8 Å². The molecule has 0 amide bonds. The molecule has 0 aliphatic carbocycles. The fraction of sp³-hybridized carbons (Fsp3) is 0.333. The minimum Gasteiger partial charge on any atom is -0.493 e. The van der Waals surface area contributed by atoms with E-state index in [2.05, 4.69) is 8.75 Å². The minimum absolute atomic E-state index is 0.00417. The van der Waals surface area contributed by atoms with E-state index in [0.29, 0.717) is 74.6 Å². The Bertz CT molecular complexity index is 2610. The Morgan fingerprint density at radius 2 is 1.22 bits per heavy atom. The monoisotopic (exact) mass is 904 g/mol. The first kappa shape index (κ1) is 47.8. The van der Waals surface area contributed by atoms with E-state index >= 15 is 0 Å². The molecule has 5 aromatic carbocycles. The summed E-state index contributed by atoms with van der Waals surface area (Å²) in [5.41, 5.74) is 5.16. The molecule has 65 heavy (non-hydrogen) atoms. The highest BCUT2D eigenvalue weighted by atomic mass is 32.1. The first-order valence-electron chi connectivity index (χ1n) is 21.4. The van der Waals surface area contributed by atoms with E-state index in [0.717, 1.165) is 34.7 Å². The van der Waals surface area contributed by atoms with Crippen molar-refractivity contribution in [2.75, 3.05) is 14.2 Å². The maximum atomic E-state index is 13.7. The van der Waals surface area contributed by atoms with Crippen LogP contribution in [0.4, 0.5) is 0 Å². The minimum atomic E-state index is -2.07. The van der Waals surface area contributed by atoms with Crippen molar-refractivity contribution < 1.29 is 52.6 Å².